The van der Waals surface area contributed by atoms with E-state index in [2.05, 4.69) is 56.0 Å². The Morgan fingerprint density at radius 3 is 1.44 bits per heavy atom. The zero-order valence-corrected chi connectivity index (χ0v) is 19.2. The summed E-state index contributed by atoms with van der Waals surface area (Å²) in [6.45, 7) is 21.7. The van der Waals surface area contributed by atoms with Gasteiger partial charge in [0.25, 0.3) is 0 Å². The third-order valence-electron chi connectivity index (χ3n) is 2.94. The fraction of sp³-hybridized carbons (Fsp3) is 0.333. The molecule has 3 rings (SSSR count). The normalized spacial score (nSPS) is 7.59. The Labute approximate surface area is 170 Å². The molecule has 0 saturated heterocycles. The molecule has 0 unspecified atom stereocenters. The first-order chi connectivity index (χ1) is 13.3. The third kappa shape index (κ3) is 14.5. The molecule has 0 aromatic heterocycles. The van der Waals surface area contributed by atoms with Crippen LogP contribution < -0.4 is 0 Å². The number of hydrogen-bond acceptors (Lipinski definition) is 0. The molecule has 0 nitrogen and oxygen atoms in total. The smallest absolute Gasteiger partial charge is 0.0181 e. The van der Waals surface area contributed by atoms with Crippen molar-refractivity contribution in [3.05, 3.63) is 90.5 Å². The molecule has 0 aliphatic carbocycles. The first-order valence-corrected chi connectivity index (χ1v) is 10.4. The van der Waals surface area contributed by atoms with Crippen molar-refractivity contribution in [1.29, 1.82) is 0 Å². The molecule has 3 aromatic rings. The molecule has 3 aromatic carbocycles. The molecule has 0 radical (unpaired) electrons. The van der Waals surface area contributed by atoms with E-state index in [-0.39, 0.29) is 0 Å². The van der Waals surface area contributed by atoms with Crippen molar-refractivity contribution in [1.82, 2.24) is 0 Å². The highest BCUT2D eigenvalue weighted by Crippen LogP contribution is 2.14. The molecule has 0 heteroatoms. The second kappa shape index (κ2) is 23.7. The van der Waals surface area contributed by atoms with Crippen LogP contribution in [0.25, 0.3) is 16.8 Å². The van der Waals surface area contributed by atoms with Gasteiger partial charge in [-0.3, -0.25) is 0 Å². The summed E-state index contributed by atoms with van der Waals surface area (Å²) >= 11 is 0. The standard InChI is InChI=1S/C11H10.C8H8.4C2H6/c1-9-6-7-10-4-2-3-5-11(10)8-9;1-2-8-6-4-3-5-7-8;4*1-2/h2-8H,1H3;2-7H,1H2;4*1-2H3. The summed E-state index contributed by atoms with van der Waals surface area (Å²) in [6, 6.07) is 24.9. The Morgan fingerprint density at radius 2 is 1.00 bits per heavy atom. The molecular weight excluding hydrogens is 324 g/mol. The predicted molar refractivity (Wildman–Crippen MR) is 131 cm³/mol. The van der Waals surface area contributed by atoms with Crippen LogP contribution in [0.15, 0.2) is 79.4 Å². The van der Waals surface area contributed by atoms with Gasteiger partial charge in [0.15, 0.2) is 0 Å². The zero-order chi connectivity index (χ0) is 21.5. The van der Waals surface area contributed by atoms with Crippen LogP contribution in [0.2, 0.25) is 0 Å². The van der Waals surface area contributed by atoms with E-state index in [0.29, 0.717) is 0 Å². The Morgan fingerprint density at radius 1 is 0.556 bits per heavy atom. The monoisotopic (exact) mass is 366 g/mol. The van der Waals surface area contributed by atoms with E-state index >= 15 is 0 Å². The second-order valence-corrected chi connectivity index (χ2v) is 4.47. The maximum Gasteiger partial charge on any atom is -0.0181 e. The van der Waals surface area contributed by atoms with Gasteiger partial charge in [-0.2, -0.15) is 0 Å². The van der Waals surface area contributed by atoms with E-state index in [9.17, 15) is 0 Å². The molecule has 0 N–H and O–H groups in total. The van der Waals surface area contributed by atoms with Gasteiger partial charge in [-0.1, -0.05) is 146 Å². The average molecular weight is 367 g/mol. The molecule has 0 bridgehead atoms. The lowest BCUT2D eigenvalue weighted by Crippen LogP contribution is -1.73. The lowest BCUT2D eigenvalue weighted by Gasteiger charge is -1.96. The van der Waals surface area contributed by atoms with Crippen molar-refractivity contribution < 1.29 is 0 Å². The van der Waals surface area contributed by atoms with Crippen LogP contribution in [0.1, 0.15) is 66.5 Å². The van der Waals surface area contributed by atoms with Gasteiger partial charge >= 0.3 is 0 Å². The molecule has 0 aliphatic rings. The van der Waals surface area contributed by atoms with E-state index < -0.39 is 0 Å². The van der Waals surface area contributed by atoms with Crippen molar-refractivity contribution in [2.24, 2.45) is 0 Å². The van der Waals surface area contributed by atoms with Gasteiger partial charge in [-0.15, -0.1) is 0 Å². The third-order valence-corrected chi connectivity index (χ3v) is 2.94. The summed E-state index contributed by atoms with van der Waals surface area (Å²) in [7, 11) is 0. The number of benzene rings is 3. The van der Waals surface area contributed by atoms with E-state index in [4.69, 9.17) is 0 Å². The molecule has 0 amide bonds. The minimum atomic E-state index is 1.17. The lowest BCUT2D eigenvalue weighted by molar-refractivity contribution is 1.50. The number of hydrogen-bond donors (Lipinski definition) is 0. The molecule has 150 valence electrons. The van der Waals surface area contributed by atoms with Gasteiger partial charge in [0, 0.05) is 0 Å². The van der Waals surface area contributed by atoms with Gasteiger partial charge < -0.3 is 0 Å². The van der Waals surface area contributed by atoms with Crippen molar-refractivity contribution in [2.75, 3.05) is 0 Å². The maximum atomic E-state index is 3.63. The number of fused-ring (bicyclic) bond motifs is 1. The van der Waals surface area contributed by atoms with Crippen molar-refractivity contribution in [3.8, 4) is 0 Å². The zero-order valence-electron chi connectivity index (χ0n) is 19.2. The Kier molecular flexibility index (Phi) is 25.8. The minimum Gasteiger partial charge on any atom is -0.0985 e. The molecule has 0 atom stereocenters. The average Bonchev–Trinajstić information content (AvgIpc) is 2.80. The van der Waals surface area contributed by atoms with Gasteiger partial charge in [0.2, 0.25) is 0 Å². The molecule has 27 heavy (non-hydrogen) atoms. The van der Waals surface area contributed by atoms with Crippen LogP contribution in [0, 0.1) is 6.92 Å². The highest BCUT2D eigenvalue weighted by Gasteiger charge is 1.89. The van der Waals surface area contributed by atoms with Gasteiger partial charge in [-0.25, -0.2) is 0 Å². The first-order valence-electron chi connectivity index (χ1n) is 10.4. The Hall–Kier alpha value is -2.34. The van der Waals surface area contributed by atoms with E-state index in [1.165, 1.54) is 21.9 Å². The summed E-state index contributed by atoms with van der Waals surface area (Å²) in [5.41, 5.74) is 2.50. The van der Waals surface area contributed by atoms with Gasteiger partial charge in [0.05, 0.1) is 0 Å². The summed E-state index contributed by atoms with van der Waals surface area (Å²) < 4.78 is 0. The quantitative estimate of drug-likeness (QED) is 0.402. The Balaban J connectivity index is -0.000000319. The second-order valence-electron chi connectivity index (χ2n) is 4.47. The molecule has 0 saturated carbocycles. The number of aryl methyl sites for hydroxylation is 1. The topological polar surface area (TPSA) is 0 Å². The van der Waals surface area contributed by atoms with E-state index in [1.807, 2.05) is 91.8 Å². The first kappa shape index (κ1) is 29.4. The van der Waals surface area contributed by atoms with Crippen LogP contribution >= 0.6 is 0 Å². The molecule has 0 aliphatic heterocycles. The predicted octanol–water partition coefficient (Wildman–Crippen LogP) is 9.58. The highest BCUT2D eigenvalue weighted by molar-refractivity contribution is 5.82. The fourth-order valence-corrected chi connectivity index (χ4v) is 1.90. The van der Waals surface area contributed by atoms with Crippen LogP contribution in [0.3, 0.4) is 0 Å². The van der Waals surface area contributed by atoms with Crippen LogP contribution in [-0.2, 0) is 0 Å². The largest absolute Gasteiger partial charge is 0.0985 e. The molecule has 0 fully saturated rings. The fourth-order valence-electron chi connectivity index (χ4n) is 1.90. The van der Waals surface area contributed by atoms with Crippen LogP contribution in [-0.4, -0.2) is 0 Å². The van der Waals surface area contributed by atoms with Crippen molar-refractivity contribution in [2.45, 2.75) is 62.3 Å². The SMILES string of the molecule is C=Cc1ccccc1.CC.CC.CC.CC.Cc1ccc2ccccc2c1. The number of rotatable bonds is 1. The summed E-state index contributed by atoms with van der Waals surface area (Å²) in [6.07, 6.45) is 1.83. The molecular formula is C27H42. The summed E-state index contributed by atoms with van der Waals surface area (Å²) in [5.74, 6) is 0. The Bertz CT molecular complexity index is 651. The van der Waals surface area contributed by atoms with Crippen LogP contribution in [0.4, 0.5) is 0 Å². The summed E-state index contributed by atoms with van der Waals surface area (Å²) in [4.78, 5) is 0. The lowest BCUT2D eigenvalue weighted by atomic mass is 10.1. The maximum absolute atomic E-state index is 3.63. The van der Waals surface area contributed by atoms with E-state index in [1.54, 1.807) is 0 Å². The van der Waals surface area contributed by atoms with Gasteiger partial charge in [-0.05, 0) is 23.3 Å². The molecule has 0 spiro atoms. The van der Waals surface area contributed by atoms with Crippen molar-refractivity contribution in [3.63, 3.8) is 0 Å². The van der Waals surface area contributed by atoms with Crippen molar-refractivity contribution >= 4 is 16.8 Å². The minimum absolute atomic E-state index is 1.17. The van der Waals surface area contributed by atoms with Crippen LogP contribution in [0.5, 0.6) is 0 Å². The molecule has 0 heterocycles. The van der Waals surface area contributed by atoms with E-state index in [0.717, 1.165) is 0 Å². The summed E-state index contributed by atoms with van der Waals surface area (Å²) in [5, 5.41) is 2.64. The van der Waals surface area contributed by atoms with Gasteiger partial charge in [0.1, 0.15) is 0 Å². The highest BCUT2D eigenvalue weighted by atomic mass is 13.9.